The summed E-state index contributed by atoms with van der Waals surface area (Å²) < 4.78 is 0. The molecule has 9 rings (SSSR count). The smallest absolute Gasteiger partial charge is 0.0629 e. The van der Waals surface area contributed by atoms with Gasteiger partial charge in [-0.2, -0.15) is 0 Å². The Bertz CT molecular complexity index is 2730. The monoisotopic (exact) mass is 626 g/mol. The largest absolute Gasteiger partial charge is 0.243 e. The second-order valence-corrected chi connectivity index (χ2v) is 14.4. The van der Waals surface area contributed by atoms with Gasteiger partial charge < -0.3 is 0 Å². The lowest BCUT2D eigenvalue weighted by Crippen LogP contribution is -2.56. The minimum absolute atomic E-state index is 0.0729. The lowest BCUT2D eigenvalue weighted by atomic mass is 9.33. The molecule has 49 heavy (non-hydrogen) atoms. The Labute approximate surface area is 289 Å². The molecule has 0 radical (unpaired) electrons. The topological polar surface area (TPSA) is 0 Å². The number of hydrogen-bond acceptors (Lipinski definition) is 0. The molecular formula is C48H39B. The lowest BCUT2D eigenvalue weighted by molar-refractivity contribution is 1.34. The molecule has 0 amide bonds. The molecule has 9 aromatic rings. The van der Waals surface area contributed by atoms with Crippen molar-refractivity contribution in [3.63, 3.8) is 0 Å². The van der Waals surface area contributed by atoms with Gasteiger partial charge in [0.2, 0.25) is 6.71 Å². The summed E-state index contributed by atoms with van der Waals surface area (Å²) in [6, 6.07) is 48.6. The summed E-state index contributed by atoms with van der Waals surface area (Å²) in [5.74, 6) is 0. The fraction of sp³-hybridized carbons (Fsp3) is 0.125. The quantitative estimate of drug-likeness (QED) is 0.135. The summed E-state index contributed by atoms with van der Waals surface area (Å²) in [5, 5.41) is 15.8. The Morgan fingerprint density at radius 3 is 1.24 bits per heavy atom. The summed E-state index contributed by atoms with van der Waals surface area (Å²) in [6.07, 6.45) is 0. The van der Waals surface area contributed by atoms with E-state index in [4.69, 9.17) is 0 Å². The van der Waals surface area contributed by atoms with Crippen LogP contribution in [0.1, 0.15) is 33.4 Å². The third-order valence-electron chi connectivity index (χ3n) is 11.1. The molecule has 1 heteroatoms. The Morgan fingerprint density at radius 1 is 0.327 bits per heavy atom. The van der Waals surface area contributed by atoms with Crippen molar-refractivity contribution in [3.8, 4) is 0 Å². The molecule has 0 N–H and O–H groups in total. The molecule has 0 spiro atoms. The maximum Gasteiger partial charge on any atom is 0.243 e. The van der Waals surface area contributed by atoms with E-state index in [1.807, 2.05) is 0 Å². The van der Waals surface area contributed by atoms with Gasteiger partial charge in [-0.15, -0.1) is 0 Å². The SMILES string of the molecule is Cc1cc(C)c(B(c2c(C)cc(C)cc2C)c2cc3ccc4ccc5ccccc5c4c3c3c2ccc2ccc4ccccc4c23)c(C)c1. The first-order chi connectivity index (χ1) is 23.8. The molecule has 0 atom stereocenters. The Balaban J connectivity index is 1.57. The zero-order valence-corrected chi connectivity index (χ0v) is 29.2. The summed E-state index contributed by atoms with van der Waals surface area (Å²) in [4.78, 5) is 0. The van der Waals surface area contributed by atoms with Gasteiger partial charge in [-0.05, 0) is 106 Å². The third-order valence-corrected chi connectivity index (χ3v) is 11.1. The van der Waals surface area contributed by atoms with Gasteiger partial charge in [0.1, 0.15) is 0 Å². The van der Waals surface area contributed by atoms with E-state index in [0.717, 1.165) is 0 Å². The van der Waals surface area contributed by atoms with Gasteiger partial charge in [0.05, 0.1) is 0 Å². The van der Waals surface area contributed by atoms with Crippen molar-refractivity contribution in [1.82, 2.24) is 0 Å². The van der Waals surface area contributed by atoms with Gasteiger partial charge >= 0.3 is 0 Å². The van der Waals surface area contributed by atoms with E-state index in [2.05, 4.69) is 169 Å². The second-order valence-electron chi connectivity index (χ2n) is 14.4. The van der Waals surface area contributed by atoms with Crippen molar-refractivity contribution in [2.75, 3.05) is 0 Å². The highest BCUT2D eigenvalue weighted by Gasteiger charge is 2.31. The number of benzene rings is 9. The molecule has 0 nitrogen and oxygen atoms in total. The highest BCUT2D eigenvalue weighted by Crippen LogP contribution is 2.41. The van der Waals surface area contributed by atoms with Crippen molar-refractivity contribution in [3.05, 3.63) is 161 Å². The van der Waals surface area contributed by atoms with Crippen LogP contribution >= 0.6 is 0 Å². The first kappa shape index (κ1) is 29.7. The second kappa shape index (κ2) is 11.1. The first-order valence-corrected chi connectivity index (χ1v) is 17.6. The summed E-state index contributed by atoms with van der Waals surface area (Å²) in [6.45, 7) is 13.8. The molecule has 9 aromatic carbocycles. The van der Waals surface area contributed by atoms with Gasteiger partial charge in [0, 0.05) is 0 Å². The molecule has 0 bridgehead atoms. The normalized spacial score (nSPS) is 11.9. The van der Waals surface area contributed by atoms with Crippen LogP contribution < -0.4 is 16.4 Å². The van der Waals surface area contributed by atoms with Crippen molar-refractivity contribution >= 4 is 87.7 Å². The lowest BCUT2D eigenvalue weighted by Gasteiger charge is -2.27. The van der Waals surface area contributed by atoms with Crippen molar-refractivity contribution in [2.45, 2.75) is 41.5 Å². The third kappa shape index (κ3) is 4.52. The van der Waals surface area contributed by atoms with Crippen molar-refractivity contribution < 1.29 is 0 Å². The molecular weight excluding hydrogens is 587 g/mol. The van der Waals surface area contributed by atoms with Crippen LogP contribution in [0, 0.1) is 41.5 Å². The Morgan fingerprint density at radius 2 is 0.735 bits per heavy atom. The van der Waals surface area contributed by atoms with Crippen LogP contribution in [0.5, 0.6) is 0 Å². The van der Waals surface area contributed by atoms with Crippen molar-refractivity contribution in [1.29, 1.82) is 0 Å². The zero-order chi connectivity index (χ0) is 33.6. The van der Waals surface area contributed by atoms with Gasteiger partial charge in [-0.3, -0.25) is 0 Å². The highest BCUT2D eigenvalue weighted by molar-refractivity contribution is 6.98. The van der Waals surface area contributed by atoms with Crippen LogP contribution in [-0.4, -0.2) is 6.71 Å². The van der Waals surface area contributed by atoms with Crippen LogP contribution in [0.15, 0.2) is 127 Å². The minimum Gasteiger partial charge on any atom is -0.0629 e. The maximum absolute atomic E-state index is 2.54. The predicted octanol–water partition coefficient (Wildman–Crippen LogP) is 11.0. The van der Waals surface area contributed by atoms with Crippen LogP contribution in [0.4, 0.5) is 0 Å². The maximum atomic E-state index is 2.54. The van der Waals surface area contributed by atoms with E-state index in [9.17, 15) is 0 Å². The van der Waals surface area contributed by atoms with E-state index in [0.29, 0.717) is 0 Å². The molecule has 0 aliphatic carbocycles. The molecule has 234 valence electrons. The van der Waals surface area contributed by atoms with E-state index in [1.165, 1.54) is 114 Å². The predicted molar refractivity (Wildman–Crippen MR) is 217 cm³/mol. The Hall–Kier alpha value is -5.40. The average molecular weight is 627 g/mol. The van der Waals surface area contributed by atoms with Gasteiger partial charge in [-0.1, -0.05) is 177 Å². The summed E-state index contributed by atoms with van der Waals surface area (Å²) >= 11 is 0. The number of rotatable bonds is 3. The van der Waals surface area contributed by atoms with Gasteiger partial charge in [0.15, 0.2) is 0 Å². The van der Waals surface area contributed by atoms with Crippen LogP contribution in [0.25, 0.3) is 64.6 Å². The zero-order valence-electron chi connectivity index (χ0n) is 29.2. The number of hydrogen-bond donors (Lipinski definition) is 0. The van der Waals surface area contributed by atoms with E-state index in [1.54, 1.807) is 0 Å². The first-order valence-electron chi connectivity index (χ1n) is 17.6. The standard InChI is InChI=1S/C48H39B/c1-28-23-30(3)47(31(4)24-28)49(48-32(5)25-29(2)26-33(48)6)42-27-38-20-19-36-17-15-34-11-7-9-13-39(34)43(36)45(38)46-41(42)22-21-37-18-16-35-12-8-10-14-40(35)44(37)46/h7-27H,1-6H3. The van der Waals surface area contributed by atoms with Crippen molar-refractivity contribution in [2.24, 2.45) is 0 Å². The number of fused-ring (bicyclic) bond motifs is 11. The molecule has 0 heterocycles. The Kier molecular flexibility index (Phi) is 6.72. The highest BCUT2D eigenvalue weighted by atomic mass is 14.2. The molecule has 0 aliphatic heterocycles. The van der Waals surface area contributed by atoms with Crippen LogP contribution in [0.2, 0.25) is 0 Å². The van der Waals surface area contributed by atoms with Crippen LogP contribution in [-0.2, 0) is 0 Å². The van der Waals surface area contributed by atoms with E-state index >= 15 is 0 Å². The van der Waals surface area contributed by atoms with Gasteiger partial charge in [-0.25, -0.2) is 0 Å². The fourth-order valence-corrected chi connectivity index (χ4v) is 9.33. The molecule has 0 saturated heterocycles. The molecule has 0 saturated carbocycles. The van der Waals surface area contributed by atoms with E-state index < -0.39 is 0 Å². The number of aryl methyl sites for hydroxylation is 6. The molecule has 0 aromatic heterocycles. The molecule has 0 unspecified atom stereocenters. The average Bonchev–Trinajstić information content (AvgIpc) is 3.09. The van der Waals surface area contributed by atoms with E-state index in [-0.39, 0.29) is 6.71 Å². The van der Waals surface area contributed by atoms with Crippen LogP contribution in [0.3, 0.4) is 0 Å². The molecule has 0 fully saturated rings. The fourth-order valence-electron chi connectivity index (χ4n) is 9.33. The minimum atomic E-state index is 0.0729. The summed E-state index contributed by atoms with van der Waals surface area (Å²) in [5.41, 5.74) is 12.3. The molecule has 0 aliphatic rings. The van der Waals surface area contributed by atoms with Gasteiger partial charge in [0.25, 0.3) is 0 Å². The summed E-state index contributed by atoms with van der Waals surface area (Å²) in [7, 11) is 0.